The van der Waals surface area contributed by atoms with Gasteiger partial charge in [0.1, 0.15) is 11.4 Å². The standard InChI is InChI=1S/C20H30N2O4/c1-15(2)13-20(3,25-4)19(24)21-16-7-9-17(10-8-16)26-14-18(23)22-11-5-6-12-22/h7-10,15H,5-6,11-14H2,1-4H3,(H,21,24)/t20-/m0/s1. The lowest BCUT2D eigenvalue weighted by molar-refractivity contribution is -0.137. The minimum atomic E-state index is -0.870. The maximum atomic E-state index is 12.5. The van der Waals surface area contributed by atoms with Crippen LogP contribution in [-0.4, -0.2) is 49.1 Å². The molecule has 6 heteroatoms. The van der Waals surface area contributed by atoms with Gasteiger partial charge in [-0.2, -0.15) is 0 Å². The fourth-order valence-corrected chi connectivity index (χ4v) is 3.15. The molecule has 0 spiro atoms. The number of carbonyl (C=O) groups is 2. The molecule has 2 rings (SSSR count). The van der Waals surface area contributed by atoms with Crippen molar-refractivity contribution in [1.82, 2.24) is 4.90 Å². The van der Waals surface area contributed by atoms with Crippen LogP contribution in [0.4, 0.5) is 5.69 Å². The Bertz CT molecular complexity index is 609. The minimum Gasteiger partial charge on any atom is -0.484 e. The SMILES string of the molecule is CO[C@@](C)(CC(C)C)C(=O)Nc1ccc(OCC(=O)N2CCCC2)cc1. The van der Waals surface area contributed by atoms with Crippen molar-refractivity contribution in [1.29, 1.82) is 0 Å². The van der Waals surface area contributed by atoms with Crippen LogP contribution >= 0.6 is 0 Å². The van der Waals surface area contributed by atoms with Gasteiger partial charge in [0, 0.05) is 25.9 Å². The second-order valence-corrected chi connectivity index (χ2v) is 7.39. The Balaban J connectivity index is 1.88. The largest absolute Gasteiger partial charge is 0.484 e. The lowest BCUT2D eigenvalue weighted by Gasteiger charge is -2.28. The van der Waals surface area contributed by atoms with E-state index in [1.165, 1.54) is 0 Å². The summed E-state index contributed by atoms with van der Waals surface area (Å²) in [7, 11) is 1.55. The molecule has 1 aliphatic rings. The molecule has 1 saturated heterocycles. The monoisotopic (exact) mass is 362 g/mol. The highest BCUT2D eigenvalue weighted by atomic mass is 16.5. The molecule has 1 aromatic carbocycles. The molecule has 1 N–H and O–H groups in total. The van der Waals surface area contributed by atoms with Crippen LogP contribution < -0.4 is 10.1 Å². The normalized spacial score (nSPS) is 16.4. The first-order valence-corrected chi connectivity index (χ1v) is 9.21. The summed E-state index contributed by atoms with van der Waals surface area (Å²) in [6.45, 7) is 7.59. The second-order valence-electron chi connectivity index (χ2n) is 7.39. The predicted octanol–water partition coefficient (Wildman–Crippen LogP) is 3.08. The van der Waals surface area contributed by atoms with E-state index in [2.05, 4.69) is 19.2 Å². The third-order valence-electron chi connectivity index (χ3n) is 4.66. The van der Waals surface area contributed by atoms with Crippen molar-refractivity contribution in [2.24, 2.45) is 5.92 Å². The third-order valence-corrected chi connectivity index (χ3v) is 4.66. The number of hydrogen-bond acceptors (Lipinski definition) is 4. The number of ether oxygens (including phenoxy) is 2. The molecule has 1 aromatic rings. The van der Waals surface area contributed by atoms with Gasteiger partial charge in [-0.1, -0.05) is 13.8 Å². The molecule has 0 aliphatic carbocycles. The smallest absolute Gasteiger partial charge is 0.260 e. The Morgan fingerprint density at radius 2 is 1.81 bits per heavy atom. The molecule has 26 heavy (non-hydrogen) atoms. The summed E-state index contributed by atoms with van der Waals surface area (Å²) in [5, 5.41) is 2.88. The van der Waals surface area contributed by atoms with Crippen LogP contribution in [-0.2, 0) is 14.3 Å². The van der Waals surface area contributed by atoms with Gasteiger partial charge < -0.3 is 19.7 Å². The van der Waals surface area contributed by atoms with Gasteiger partial charge in [0.25, 0.3) is 11.8 Å². The van der Waals surface area contributed by atoms with Gasteiger partial charge in [-0.15, -0.1) is 0 Å². The number of nitrogens with one attached hydrogen (secondary N) is 1. The fraction of sp³-hybridized carbons (Fsp3) is 0.600. The predicted molar refractivity (Wildman–Crippen MR) is 101 cm³/mol. The summed E-state index contributed by atoms with van der Waals surface area (Å²) in [6.07, 6.45) is 2.77. The molecule has 2 amide bonds. The molecule has 0 unspecified atom stereocenters. The molecule has 1 aliphatic heterocycles. The van der Waals surface area contributed by atoms with Gasteiger partial charge in [0.05, 0.1) is 0 Å². The summed E-state index contributed by atoms with van der Waals surface area (Å²) in [6, 6.07) is 7.02. The Labute approximate surface area is 155 Å². The van der Waals surface area contributed by atoms with Crippen molar-refractivity contribution in [3.05, 3.63) is 24.3 Å². The maximum Gasteiger partial charge on any atom is 0.260 e. The zero-order valence-electron chi connectivity index (χ0n) is 16.2. The van der Waals surface area contributed by atoms with E-state index in [-0.39, 0.29) is 18.4 Å². The molecule has 1 fully saturated rings. The maximum absolute atomic E-state index is 12.5. The Kier molecular flexibility index (Phi) is 7.03. The molecule has 1 heterocycles. The fourth-order valence-electron chi connectivity index (χ4n) is 3.15. The van der Waals surface area contributed by atoms with Gasteiger partial charge >= 0.3 is 0 Å². The second kappa shape index (κ2) is 9.03. The number of nitrogens with zero attached hydrogens (tertiary/aromatic N) is 1. The molecule has 0 saturated carbocycles. The molecule has 0 aromatic heterocycles. The van der Waals surface area contributed by atoms with Gasteiger partial charge in [0.2, 0.25) is 0 Å². The number of likely N-dealkylation sites (tertiary alicyclic amines) is 1. The van der Waals surface area contributed by atoms with E-state index in [1.807, 2.05) is 4.90 Å². The average molecular weight is 362 g/mol. The Hall–Kier alpha value is -2.08. The van der Waals surface area contributed by atoms with Crippen molar-refractivity contribution < 1.29 is 19.1 Å². The average Bonchev–Trinajstić information content (AvgIpc) is 3.15. The van der Waals surface area contributed by atoms with E-state index in [4.69, 9.17) is 9.47 Å². The number of carbonyl (C=O) groups excluding carboxylic acids is 2. The van der Waals surface area contributed by atoms with Crippen molar-refractivity contribution in [3.8, 4) is 5.75 Å². The number of rotatable bonds is 8. The third kappa shape index (κ3) is 5.46. The number of benzene rings is 1. The van der Waals surface area contributed by atoms with Crippen LogP contribution in [0.3, 0.4) is 0 Å². The highest BCUT2D eigenvalue weighted by Gasteiger charge is 2.33. The quantitative estimate of drug-likeness (QED) is 0.772. The molecular formula is C20H30N2O4. The van der Waals surface area contributed by atoms with Gasteiger partial charge in [-0.25, -0.2) is 0 Å². The summed E-state index contributed by atoms with van der Waals surface area (Å²) in [4.78, 5) is 26.4. The molecule has 0 radical (unpaired) electrons. The van der Waals surface area contributed by atoms with Crippen molar-refractivity contribution in [2.45, 2.75) is 45.6 Å². The summed E-state index contributed by atoms with van der Waals surface area (Å²) in [5.74, 6) is 0.790. The summed E-state index contributed by atoms with van der Waals surface area (Å²) in [5.41, 5.74) is -0.203. The number of hydrogen-bond donors (Lipinski definition) is 1. The topological polar surface area (TPSA) is 67.9 Å². The lowest BCUT2D eigenvalue weighted by Crippen LogP contribution is -2.43. The van der Waals surface area contributed by atoms with Gasteiger partial charge in [-0.3, -0.25) is 9.59 Å². The van der Waals surface area contributed by atoms with Crippen molar-refractivity contribution in [3.63, 3.8) is 0 Å². The summed E-state index contributed by atoms with van der Waals surface area (Å²) < 4.78 is 11.0. The number of methoxy groups -OCH3 is 1. The molecule has 144 valence electrons. The van der Waals surface area contributed by atoms with Gasteiger partial charge in [-0.05, 0) is 56.4 Å². The van der Waals surface area contributed by atoms with Crippen LogP contribution in [0.25, 0.3) is 0 Å². The number of amides is 2. The molecular weight excluding hydrogens is 332 g/mol. The highest BCUT2D eigenvalue weighted by molar-refractivity contribution is 5.97. The highest BCUT2D eigenvalue weighted by Crippen LogP contribution is 2.23. The van der Waals surface area contributed by atoms with Gasteiger partial charge in [0.15, 0.2) is 6.61 Å². The zero-order valence-corrected chi connectivity index (χ0v) is 16.2. The van der Waals surface area contributed by atoms with E-state index in [9.17, 15) is 9.59 Å². The van der Waals surface area contributed by atoms with Crippen molar-refractivity contribution >= 4 is 17.5 Å². The first-order chi connectivity index (χ1) is 12.3. The zero-order chi connectivity index (χ0) is 19.2. The van der Waals surface area contributed by atoms with E-state index < -0.39 is 5.60 Å². The van der Waals surface area contributed by atoms with Crippen molar-refractivity contribution in [2.75, 3.05) is 32.1 Å². The van der Waals surface area contributed by atoms with E-state index in [1.54, 1.807) is 38.3 Å². The van der Waals surface area contributed by atoms with Crippen LogP contribution in [0.1, 0.15) is 40.0 Å². The molecule has 1 atom stereocenters. The van der Waals surface area contributed by atoms with Crippen LogP contribution in [0.2, 0.25) is 0 Å². The molecule has 0 bridgehead atoms. The van der Waals surface area contributed by atoms with E-state index in [0.29, 0.717) is 23.8 Å². The Morgan fingerprint density at radius 1 is 1.19 bits per heavy atom. The minimum absolute atomic E-state index is 0.0180. The van der Waals surface area contributed by atoms with E-state index >= 15 is 0 Å². The Morgan fingerprint density at radius 3 is 2.35 bits per heavy atom. The lowest BCUT2D eigenvalue weighted by atomic mass is 9.93. The van der Waals surface area contributed by atoms with Crippen LogP contribution in [0.5, 0.6) is 5.75 Å². The summed E-state index contributed by atoms with van der Waals surface area (Å²) >= 11 is 0. The van der Waals surface area contributed by atoms with Crippen LogP contribution in [0.15, 0.2) is 24.3 Å². The van der Waals surface area contributed by atoms with Crippen LogP contribution in [0, 0.1) is 5.92 Å². The first kappa shape index (κ1) is 20.2. The first-order valence-electron chi connectivity index (χ1n) is 9.21. The molecule has 6 nitrogen and oxygen atoms in total. The van der Waals surface area contributed by atoms with E-state index in [0.717, 1.165) is 25.9 Å². The number of anilines is 1.